The van der Waals surface area contributed by atoms with Crippen LogP contribution in [0, 0.1) is 5.82 Å². The molecule has 0 spiro atoms. The summed E-state index contributed by atoms with van der Waals surface area (Å²) >= 11 is 12.0. The van der Waals surface area contributed by atoms with E-state index in [0.717, 1.165) is 0 Å². The summed E-state index contributed by atoms with van der Waals surface area (Å²) in [5.41, 5.74) is 0.362. The van der Waals surface area contributed by atoms with Crippen LogP contribution in [0.1, 0.15) is 10.4 Å². The second kappa shape index (κ2) is 6.72. The van der Waals surface area contributed by atoms with Crippen molar-refractivity contribution in [3.63, 3.8) is 0 Å². The topological polar surface area (TPSA) is 36.4 Å². The molecule has 0 atom stereocenters. The zero-order chi connectivity index (χ0) is 16.4. The maximum Gasteiger partial charge on any atom is 0.254 e. The van der Waals surface area contributed by atoms with Gasteiger partial charge in [0.2, 0.25) is 0 Å². The summed E-state index contributed by atoms with van der Waals surface area (Å²) in [6.07, 6.45) is 1.55. The van der Waals surface area contributed by atoms with Gasteiger partial charge in [0.05, 0.1) is 10.0 Å². The van der Waals surface area contributed by atoms with Gasteiger partial charge in [-0.15, -0.1) is 0 Å². The summed E-state index contributed by atoms with van der Waals surface area (Å²) < 4.78 is 13.2. The highest BCUT2D eigenvalue weighted by molar-refractivity contribution is 6.36. The molecule has 3 rings (SSSR count). The van der Waals surface area contributed by atoms with Crippen LogP contribution in [0.3, 0.4) is 0 Å². The van der Waals surface area contributed by atoms with E-state index < -0.39 is 5.82 Å². The second-order valence-corrected chi connectivity index (χ2v) is 6.09. The number of piperazine rings is 1. The van der Waals surface area contributed by atoms with Crippen LogP contribution in [-0.2, 0) is 0 Å². The van der Waals surface area contributed by atoms with Crippen molar-refractivity contribution in [1.29, 1.82) is 0 Å². The molecule has 1 aromatic heterocycles. The van der Waals surface area contributed by atoms with Gasteiger partial charge in [-0.1, -0.05) is 29.3 Å². The average Bonchev–Trinajstić information content (AvgIpc) is 2.54. The van der Waals surface area contributed by atoms with E-state index in [1.54, 1.807) is 23.2 Å². The van der Waals surface area contributed by atoms with E-state index in [1.165, 1.54) is 18.2 Å². The lowest BCUT2D eigenvalue weighted by Crippen LogP contribution is -2.49. The van der Waals surface area contributed by atoms with Crippen LogP contribution in [0.15, 0.2) is 36.5 Å². The summed E-state index contributed by atoms with van der Waals surface area (Å²) in [6, 6.07) is 7.39. The van der Waals surface area contributed by atoms with Crippen LogP contribution in [0.5, 0.6) is 0 Å². The summed E-state index contributed by atoms with van der Waals surface area (Å²) in [7, 11) is 0. The van der Waals surface area contributed by atoms with Crippen molar-refractivity contribution in [2.24, 2.45) is 0 Å². The molecule has 23 heavy (non-hydrogen) atoms. The van der Waals surface area contributed by atoms with Crippen molar-refractivity contribution in [2.45, 2.75) is 0 Å². The third-order valence-electron chi connectivity index (χ3n) is 3.73. The number of aromatic nitrogens is 1. The maximum atomic E-state index is 13.2. The zero-order valence-corrected chi connectivity index (χ0v) is 13.7. The van der Waals surface area contributed by atoms with Crippen LogP contribution in [0.25, 0.3) is 0 Å². The SMILES string of the molecule is O=C(c1cccc(F)c1)N1CCN(c2ncc(Cl)cc2Cl)CC1. The average molecular weight is 354 g/mol. The molecule has 0 aliphatic carbocycles. The number of hydrogen-bond donors (Lipinski definition) is 0. The monoisotopic (exact) mass is 353 g/mol. The lowest BCUT2D eigenvalue weighted by molar-refractivity contribution is 0.0746. The highest BCUT2D eigenvalue weighted by atomic mass is 35.5. The van der Waals surface area contributed by atoms with Crippen molar-refractivity contribution >= 4 is 34.9 Å². The third-order valence-corrected chi connectivity index (χ3v) is 4.21. The number of carbonyl (C=O) groups is 1. The van der Waals surface area contributed by atoms with Crippen molar-refractivity contribution in [3.8, 4) is 0 Å². The van der Waals surface area contributed by atoms with Gasteiger partial charge >= 0.3 is 0 Å². The van der Waals surface area contributed by atoms with Crippen LogP contribution < -0.4 is 4.90 Å². The van der Waals surface area contributed by atoms with Gasteiger partial charge in [-0.05, 0) is 24.3 Å². The van der Waals surface area contributed by atoms with E-state index >= 15 is 0 Å². The zero-order valence-electron chi connectivity index (χ0n) is 12.2. The normalized spacial score (nSPS) is 14.9. The molecule has 1 aliphatic heterocycles. The molecule has 0 unspecified atom stereocenters. The Labute approximate surface area is 143 Å². The number of amides is 1. The first-order valence-electron chi connectivity index (χ1n) is 7.15. The Hall–Kier alpha value is -1.85. The van der Waals surface area contributed by atoms with Gasteiger partial charge in [0.25, 0.3) is 5.91 Å². The number of hydrogen-bond acceptors (Lipinski definition) is 3. The largest absolute Gasteiger partial charge is 0.352 e. The number of benzene rings is 1. The molecule has 2 aromatic rings. The molecule has 1 saturated heterocycles. The third kappa shape index (κ3) is 3.57. The molecular weight excluding hydrogens is 340 g/mol. The Balaban J connectivity index is 1.67. The summed E-state index contributed by atoms with van der Waals surface area (Å²) in [4.78, 5) is 20.3. The van der Waals surface area contributed by atoms with Crippen LogP contribution in [0.2, 0.25) is 10.0 Å². The molecule has 120 valence electrons. The Kier molecular flexibility index (Phi) is 4.68. The second-order valence-electron chi connectivity index (χ2n) is 5.25. The Morgan fingerprint density at radius 2 is 1.87 bits per heavy atom. The fourth-order valence-electron chi connectivity index (χ4n) is 2.57. The molecule has 1 fully saturated rings. The highest BCUT2D eigenvalue weighted by Crippen LogP contribution is 2.27. The number of halogens is 3. The van der Waals surface area contributed by atoms with E-state index in [-0.39, 0.29) is 5.91 Å². The van der Waals surface area contributed by atoms with E-state index in [0.29, 0.717) is 47.6 Å². The van der Waals surface area contributed by atoms with E-state index in [2.05, 4.69) is 4.98 Å². The predicted molar refractivity (Wildman–Crippen MR) is 88.8 cm³/mol. The molecule has 7 heteroatoms. The van der Waals surface area contributed by atoms with Gasteiger partial charge in [-0.2, -0.15) is 0 Å². The van der Waals surface area contributed by atoms with Gasteiger partial charge in [-0.3, -0.25) is 4.79 Å². The van der Waals surface area contributed by atoms with Gasteiger partial charge in [0, 0.05) is 37.9 Å². The minimum atomic E-state index is -0.411. The number of anilines is 1. The van der Waals surface area contributed by atoms with Gasteiger partial charge in [0.15, 0.2) is 0 Å². The standard InChI is InChI=1S/C16H14Cl2FN3O/c17-12-9-14(18)15(20-10-12)21-4-6-22(7-5-21)16(23)11-2-1-3-13(19)8-11/h1-3,8-10H,4-7H2. The molecule has 1 aromatic carbocycles. The molecule has 0 radical (unpaired) electrons. The van der Waals surface area contributed by atoms with E-state index in [4.69, 9.17) is 23.2 Å². The van der Waals surface area contributed by atoms with E-state index in [1.807, 2.05) is 4.90 Å². The molecule has 2 heterocycles. The lowest BCUT2D eigenvalue weighted by Gasteiger charge is -2.35. The molecule has 0 saturated carbocycles. The Morgan fingerprint density at radius 1 is 1.13 bits per heavy atom. The van der Waals surface area contributed by atoms with Gasteiger partial charge < -0.3 is 9.80 Å². The smallest absolute Gasteiger partial charge is 0.254 e. The van der Waals surface area contributed by atoms with Gasteiger partial charge in [-0.25, -0.2) is 9.37 Å². The lowest BCUT2D eigenvalue weighted by atomic mass is 10.1. The Bertz CT molecular complexity index is 733. The first kappa shape index (κ1) is 16.0. The fourth-order valence-corrected chi connectivity index (χ4v) is 3.07. The summed E-state index contributed by atoms with van der Waals surface area (Å²) in [6.45, 7) is 2.26. The van der Waals surface area contributed by atoms with Crippen molar-refractivity contribution in [1.82, 2.24) is 9.88 Å². The molecule has 0 N–H and O–H groups in total. The molecule has 1 amide bonds. The number of nitrogens with zero attached hydrogens (tertiary/aromatic N) is 3. The number of carbonyl (C=O) groups excluding carboxylic acids is 1. The van der Waals surface area contributed by atoms with Crippen molar-refractivity contribution < 1.29 is 9.18 Å². The molecule has 1 aliphatic rings. The maximum absolute atomic E-state index is 13.2. The first-order chi connectivity index (χ1) is 11.0. The van der Waals surface area contributed by atoms with Crippen molar-refractivity contribution in [3.05, 3.63) is 58.0 Å². The van der Waals surface area contributed by atoms with Crippen LogP contribution in [-0.4, -0.2) is 42.0 Å². The van der Waals surface area contributed by atoms with Gasteiger partial charge in [0.1, 0.15) is 11.6 Å². The summed E-state index contributed by atoms with van der Waals surface area (Å²) in [5, 5.41) is 0.973. The molecular formula is C16H14Cl2FN3O. The molecule has 4 nitrogen and oxygen atoms in total. The number of rotatable bonds is 2. The van der Waals surface area contributed by atoms with Crippen LogP contribution in [0.4, 0.5) is 10.2 Å². The first-order valence-corrected chi connectivity index (χ1v) is 7.91. The number of pyridine rings is 1. The quantitative estimate of drug-likeness (QED) is 0.829. The van der Waals surface area contributed by atoms with Crippen molar-refractivity contribution in [2.75, 3.05) is 31.1 Å². The predicted octanol–water partition coefficient (Wildman–Crippen LogP) is 3.49. The Morgan fingerprint density at radius 3 is 2.52 bits per heavy atom. The fraction of sp³-hybridized carbons (Fsp3) is 0.250. The minimum absolute atomic E-state index is 0.167. The van der Waals surface area contributed by atoms with E-state index in [9.17, 15) is 9.18 Å². The minimum Gasteiger partial charge on any atom is -0.352 e. The summed E-state index contributed by atoms with van der Waals surface area (Å²) in [5.74, 6) is 0.0832. The van der Waals surface area contributed by atoms with Crippen LogP contribution >= 0.6 is 23.2 Å². The highest BCUT2D eigenvalue weighted by Gasteiger charge is 2.24. The molecule has 0 bridgehead atoms.